The maximum atomic E-state index is 9.77. The zero-order valence-corrected chi connectivity index (χ0v) is 15.6. The monoisotopic (exact) mass is 322 g/mol. The van der Waals surface area contributed by atoms with E-state index in [1.165, 1.54) is 44.1 Å². The minimum atomic E-state index is -0.929. The van der Waals surface area contributed by atoms with Crippen LogP contribution in [0.25, 0.3) is 0 Å². The van der Waals surface area contributed by atoms with Crippen molar-refractivity contribution >= 4 is 0 Å². The van der Waals surface area contributed by atoms with E-state index in [1.807, 2.05) is 0 Å². The lowest BCUT2D eigenvalue weighted by molar-refractivity contribution is -0.110. The zero-order chi connectivity index (χ0) is 17.2. The molecule has 0 heterocycles. The highest BCUT2D eigenvalue weighted by molar-refractivity contribution is 5.41. The summed E-state index contributed by atoms with van der Waals surface area (Å²) in [6.45, 7) is 8.53. The van der Waals surface area contributed by atoms with Crippen molar-refractivity contribution in [2.24, 2.45) is 16.7 Å². The van der Waals surface area contributed by atoms with Crippen LogP contribution in [-0.2, 0) is 5.41 Å². The Kier molecular flexibility index (Phi) is 3.30. The number of aliphatic hydroxyl groups is 1. The molecule has 1 aromatic carbocycles. The van der Waals surface area contributed by atoms with Gasteiger partial charge in [-0.25, -0.2) is 0 Å². The largest absolute Gasteiger partial charge is 0.378 e. The highest BCUT2D eigenvalue weighted by atomic mass is 16.3. The van der Waals surface area contributed by atoms with Crippen molar-refractivity contribution in [3.63, 3.8) is 0 Å². The summed E-state index contributed by atoms with van der Waals surface area (Å²) in [5.74, 6) is 6.93. The molecule has 0 amide bonds. The summed E-state index contributed by atoms with van der Waals surface area (Å²) in [7, 11) is 0. The fraction of sp³-hybridized carbons (Fsp3) is 0.652. The molecule has 24 heavy (non-hydrogen) atoms. The molecule has 4 aliphatic carbocycles. The fourth-order valence-electron chi connectivity index (χ4n) is 6.90. The first-order valence-electron chi connectivity index (χ1n) is 9.45. The summed E-state index contributed by atoms with van der Waals surface area (Å²) in [5.41, 5.74) is 3.09. The minimum absolute atomic E-state index is 0.394. The van der Waals surface area contributed by atoms with Crippen LogP contribution in [0.3, 0.4) is 0 Å². The van der Waals surface area contributed by atoms with E-state index in [4.69, 9.17) is 0 Å². The average molecular weight is 322 g/mol. The molecule has 1 heteroatoms. The first-order chi connectivity index (χ1) is 11.1. The van der Waals surface area contributed by atoms with E-state index in [1.54, 1.807) is 13.8 Å². The van der Waals surface area contributed by atoms with Crippen molar-refractivity contribution in [3.05, 3.63) is 35.4 Å². The molecule has 4 saturated carbocycles. The molecule has 0 spiro atoms. The molecule has 2 atom stereocenters. The highest BCUT2D eigenvalue weighted by Gasteiger charge is 2.60. The predicted molar refractivity (Wildman–Crippen MR) is 98.7 cm³/mol. The van der Waals surface area contributed by atoms with Crippen LogP contribution >= 0.6 is 0 Å². The summed E-state index contributed by atoms with van der Waals surface area (Å²) >= 11 is 0. The van der Waals surface area contributed by atoms with Crippen LogP contribution in [-0.4, -0.2) is 10.7 Å². The fourth-order valence-corrected chi connectivity index (χ4v) is 6.90. The second-order valence-electron chi connectivity index (χ2n) is 10.3. The Labute approximate surface area is 146 Å². The minimum Gasteiger partial charge on any atom is -0.378 e. The standard InChI is InChI=1S/C23H30O/c1-20(2,24)10-9-17-5-7-19(8-6-17)23-13-18-11-21(3,15-23)14-22(4,12-18)16-23/h5-8,18,24H,11-16H2,1-4H3. The highest BCUT2D eigenvalue weighted by Crippen LogP contribution is 2.69. The predicted octanol–water partition coefficient (Wildman–Crippen LogP) is 5.06. The van der Waals surface area contributed by atoms with Crippen molar-refractivity contribution in [2.45, 2.75) is 77.2 Å². The Morgan fingerprint density at radius 3 is 2.04 bits per heavy atom. The normalized spacial score (nSPS) is 40.3. The summed E-state index contributed by atoms with van der Waals surface area (Å²) in [5, 5.41) is 9.77. The Morgan fingerprint density at radius 2 is 1.54 bits per heavy atom. The lowest BCUT2D eigenvalue weighted by atomic mass is 9.39. The number of hydrogen-bond donors (Lipinski definition) is 1. The molecule has 5 rings (SSSR count). The average Bonchev–Trinajstić information content (AvgIpc) is 2.41. The Bertz CT molecular complexity index is 691. The third-order valence-corrected chi connectivity index (χ3v) is 6.64. The number of benzene rings is 1. The summed E-state index contributed by atoms with van der Waals surface area (Å²) < 4.78 is 0. The van der Waals surface area contributed by atoms with Crippen LogP contribution in [0.4, 0.5) is 0 Å². The van der Waals surface area contributed by atoms with Gasteiger partial charge in [0, 0.05) is 5.56 Å². The second-order valence-corrected chi connectivity index (χ2v) is 10.3. The van der Waals surface area contributed by atoms with Gasteiger partial charge in [0.05, 0.1) is 0 Å². The zero-order valence-electron chi connectivity index (χ0n) is 15.6. The third-order valence-electron chi connectivity index (χ3n) is 6.64. The van der Waals surface area contributed by atoms with Crippen LogP contribution in [0.5, 0.6) is 0 Å². The molecule has 1 aromatic rings. The smallest absolute Gasteiger partial charge is 0.120 e. The number of rotatable bonds is 1. The molecule has 0 radical (unpaired) electrons. The maximum Gasteiger partial charge on any atom is 0.120 e. The van der Waals surface area contributed by atoms with Gasteiger partial charge in [0.2, 0.25) is 0 Å². The summed E-state index contributed by atoms with van der Waals surface area (Å²) in [6.07, 6.45) is 8.42. The van der Waals surface area contributed by atoms with Crippen molar-refractivity contribution in [2.75, 3.05) is 0 Å². The van der Waals surface area contributed by atoms with E-state index >= 15 is 0 Å². The first-order valence-corrected chi connectivity index (χ1v) is 9.45. The topological polar surface area (TPSA) is 20.2 Å². The van der Waals surface area contributed by atoms with E-state index < -0.39 is 5.60 Å². The van der Waals surface area contributed by atoms with Gasteiger partial charge >= 0.3 is 0 Å². The van der Waals surface area contributed by atoms with Crippen LogP contribution < -0.4 is 0 Å². The molecule has 128 valence electrons. The van der Waals surface area contributed by atoms with Crippen molar-refractivity contribution in [1.29, 1.82) is 0 Å². The van der Waals surface area contributed by atoms with Gasteiger partial charge in [-0.05, 0) is 92.2 Å². The Morgan fingerprint density at radius 1 is 0.958 bits per heavy atom. The van der Waals surface area contributed by atoms with Gasteiger partial charge < -0.3 is 5.11 Å². The second kappa shape index (κ2) is 4.89. The molecule has 2 unspecified atom stereocenters. The lowest BCUT2D eigenvalue weighted by Gasteiger charge is -2.65. The van der Waals surface area contributed by atoms with Gasteiger partial charge in [0.25, 0.3) is 0 Å². The quantitative estimate of drug-likeness (QED) is 0.717. The van der Waals surface area contributed by atoms with Crippen LogP contribution in [0.2, 0.25) is 0 Å². The Balaban J connectivity index is 1.65. The van der Waals surface area contributed by atoms with Crippen LogP contribution in [0.1, 0.15) is 77.3 Å². The first kappa shape index (κ1) is 16.2. The SMILES string of the molecule is CC(C)(O)C#Cc1ccc(C23CC4CC(C)(CC(C)(C4)C2)C3)cc1. The third kappa shape index (κ3) is 2.80. The molecule has 4 bridgehead atoms. The van der Waals surface area contributed by atoms with E-state index in [-0.39, 0.29) is 0 Å². The summed E-state index contributed by atoms with van der Waals surface area (Å²) in [4.78, 5) is 0. The van der Waals surface area contributed by atoms with Crippen LogP contribution in [0, 0.1) is 28.6 Å². The molecular formula is C23H30O. The van der Waals surface area contributed by atoms with Crippen LogP contribution in [0.15, 0.2) is 24.3 Å². The molecule has 1 nitrogen and oxygen atoms in total. The lowest BCUT2D eigenvalue weighted by Crippen LogP contribution is -2.56. The van der Waals surface area contributed by atoms with Crippen molar-refractivity contribution in [3.8, 4) is 11.8 Å². The Hall–Kier alpha value is -1.26. The maximum absolute atomic E-state index is 9.77. The van der Waals surface area contributed by atoms with Gasteiger partial charge in [0.1, 0.15) is 5.60 Å². The van der Waals surface area contributed by atoms with Gasteiger partial charge in [-0.3, -0.25) is 0 Å². The van der Waals surface area contributed by atoms with Gasteiger partial charge in [0.15, 0.2) is 0 Å². The molecule has 0 aliphatic heterocycles. The number of hydrogen-bond acceptors (Lipinski definition) is 1. The molecule has 0 aromatic heterocycles. The van der Waals surface area contributed by atoms with Gasteiger partial charge in [-0.1, -0.05) is 37.8 Å². The van der Waals surface area contributed by atoms with E-state index in [9.17, 15) is 5.11 Å². The molecule has 1 N–H and O–H groups in total. The molecule has 4 fully saturated rings. The van der Waals surface area contributed by atoms with E-state index in [2.05, 4.69) is 50.0 Å². The molecule has 0 saturated heterocycles. The van der Waals surface area contributed by atoms with E-state index in [0.717, 1.165) is 11.5 Å². The summed E-state index contributed by atoms with van der Waals surface area (Å²) in [6, 6.07) is 8.93. The van der Waals surface area contributed by atoms with Gasteiger partial charge in [-0.15, -0.1) is 0 Å². The van der Waals surface area contributed by atoms with Crippen molar-refractivity contribution < 1.29 is 5.11 Å². The van der Waals surface area contributed by atoms with Gasteiger partial charge in [-0.2, -0.15) is 0 Å². The van der Waals surface area contributed by atoms with Crippen molar-refractivity contribution in [1.82, 2.24) is 0 Å². The molecule has 4 aliphatic rings. The van der Waals surface area contributed by atoms with E-state index in [0.29, 0.717) is 16.2 Å². The molecular weight excluding hydrogens is 292 g/mol.